The highest BCUT2D eigenvalue weighted by molar-refractivity contribution is 5.92. The lowest BCUT2D eigenvalue weighted by Gasteiger charge is -2.08. The van der Waals surface area contributed by atoms with Gasteiger partial charge < -0.3 is 15.8 Å². The molecule has 0 unspecified atom stereocenters. The smallest absolute Gasteiger partial charge is 0.338 e. The van der Waals surface area contributed by atoms with E-state index in [0.717, 1.165) is 12.0 Å². The van der Waals surface area contributed by atoms with Gasteiger partial charge >= 0.3 is 5.97 Å². The van der Waals surface area contributed by atoms with Crippen LogP contribution in [0.2, 0.25) is 0 Å². The van der Waals surface area contributed by atoms with Crippen LogP contribution in [0.15, 0.2) is 18.2 Å². The summed E-state index contributed by atoms with van der Waals surface area (Å²) >= 11 is 0. The molecule has 0 aliphatic heterocycles. The maximum Gasteiger partial charge on any atom is 0.338 e. The zero-order valence-electron chi connectivity index (χ0n) is 12.2. The van der Waals surface area contributed by atoms with Gasteiger partial charge in [-0.15, -0.1) is 0 Å². The lowest BCUT2D eigenvalue weighted by Crippen LogP contribution is -2.30. The molecule has 0 atom stereocenters. The number of aryl methyl sites for hydroxylation is 1. The summed E-state index contributed by atoms with van der Waals surface area (Å²) in [7, 11) is 0. The number of nitrogen functional groups attached to an aromatic ring is 1. The summed E-state index contributed by atoms with van der Waals surface area (Å²) in [6.45, 7) is 6.32. The molecule has 0 aliphatic rings. The lowest BCUT2D eigenvalue weighted by molar-refractivity contribution is -0.124. The maximum atomic E-state index is 11.7. The predicted octanol–water partition coefficient (Wildman–Crippen LogP) is 1.90. The highest BCUT2D eigenvalue weighted by Gasteiger charge is 2.11. The molecule has 110 valence electrons. The van der Waals surface area contributed by atoms with Gasteiger partial charge in [0.1, 0.15) is 0 Å². The van der Waals surface area contributed by atoms with Crippen molar-refractivity contribution in [1.29, 1.82) is 0 Å². The Bertz CT molecular complexity index is 484. The van der Waals surface area contributed by atoms with Crippen LogP contribution in [0.25, 0.3) is 0 Å². The Balaban J connectivity index is 2.39. The summed E-state index contributed by atoms with van der Waals surface area (Å²) in [6, 6.07) is 4.92. The number of carbonyl (C=O) groups is 2. The van der Waals surface area contributed by atoms with Crippen molar-refractivity contribution < 1.29 is 14.3 Å². The van der Waals surface area contributed by atoms with Gasteiger partial charge in [0.15, 0.2) is 6.61 Å². The summed E-state index contributed by atoms with van der Waals surface area (Å²) in [5.74, 6) is -0.317. The summed E-state index contributed by atoms with van der Waals surface area (Å²) in [5, 5.41) is 2.70. The molecule has 0 heterocycles. The second kappa shape index (κ2) is 7.53. The molecular formula is C15H22N2O3. The van der Waals surface area contributed by atoms with Crippen LogP contribution in [0.4, 0.5) is 5.69 Å². The van der Waals surface area contributed by atoms with E-state index in [0.29, 0.717) is 23.7 Å². The van der Waals surface area contributed by atoms with Crippen molar-refractivity contribution in [2.75, 3.05) is 18.9 Å². The molecule has 1 rings (SSSR count). The Labute approximate surface area is 119 Å². The quantitative estimate of drug-likeness (QED) is 0.615. The van der Waals surface area contributed by atoms with E-state index in [4.69, 9.17) is 10.5 Å². The third-order valence-corrected chi connectivity index (χ3v) is 2.89. The first-order valence-electron chi connectivity index (χ1n) is 6.70. The van der Waals surface area contributed by atoms with Crippen molar-refractivity contribution in [3.63, 3.8) is 0 Å². The molecular weight excluding hydrogens is 256 g/mol. The number of hydrogen-bond acceptors (Lipinski definition) is 4. The van der Waals surface area contributed by atoms with Crippen LogP contribution >= 0.6 is 0 Å². The second-order valence-corrected chi connectivity index (χ2v) is 5.18. The molecule has 0 saturated carbocycles. The number of carbonyl (C=O) groups excluding carboxylic acids is 2. The number of amides is 1. The van der Waals surface area contributed by atoms with Gasteiger partial charge in [0.05, 0.1) is 5.56 Å². The number of benzene rings is 1. The Hall–Kier alpha value is -2.04. The lowest BCUT2D eigenvalue weighted by atomic mass is 10.1. The fourth-order valence-corrected chi connectivity index (χ4v) is 1.53. The number of esters is 1. The van der Waals surface area contributed by atoms with Crippen molar-refractivity contribution in [2.24, 2.45) is 5.92 Å². The minimum absolute atomic E-state index is 0.273. The topological polar surface area (TPSA) is 81.4 Å². The molecule has 1 amide bonds. The van der Waals surface area contributed by atoms with Crippen molar-refractivity contribution in [3.8, 4) is 0 Å². The maximum absolute atomic E-state index is 11.7. The highest BCUT2D eigenvalue weighted by atomic mass is 16.5. The Morgan fingerprint density at radius 1 is 1.35 bits per heavy atom. The van der Waals surface area contributed by atoms with Gasteiger partial charge in [-0.05, 0) is 37.0 Å². The molecule has 0 aromatic heterocycles. The normalized spacial score (nSPS) is 10.4. The molecule has 5 heteroatoms. The van der Waals surface area contributed by atoms with Crippen LogP contribution in [0.5, 0.6) is 0 Å². The number of hydrogen-bond donors (Lipinski definition) is 2. The van der Waals surface area contributed by atoms with Gasteiger partial charge in [0, 0.05) is 12.2 Å². The Kier molecular flexibility index (Phi) is 6.03. The number of nitrogens with two attached hydrogens (primary N) is 1. The minimum Gasteiger partial charge on any atom is -0.452 e. The first kappa shape index (κ1) is 16.0. The highest BCUT2D eigenvalue weighted by Crippen LogP contribution is 2.13. The van der Waals surface area contributed by atoms with E-state index in [1.54, 1.807) is 18.2 Å². The molecule has 20 heavy (non-hydrogen) atoms. The van der Waals surface area contributed by atoms with Crippen molar-refractivity contribution in [3.05, 3.63) is 29.3 Å². The number of ether oxygens (including phenoxy) is 1. The minimum atomic E-state index is -0.546. The van der Waals surface area contributed by atoms with E-state index in [2.05, 4.69) is 19.2 Å². The molecule has 1 aromatic rings. The van der Waals surface area contributed by atoms with E-state index >= 15 is 0 Å². The van der Waals surface area contributed by atoms with E-state index in [9.17, 15) is 9.59 Å². The molecule has 5 nitrogen and oxygen atoms in total. The third kappa shape index (κ3) is 5.30. The van der Waals surface area contributed by atoms with Crippen LogP contribution in [0, 0.1) is 12.8 Å². The second-order valence-electron chi connectivity index (χ2n) is 5.18. The fraction of sp³-hybridized carbons (Fsp3) is 0.467. The average Bonchev–Trinajstić information content (AvgIpc) is 2.38. The van der Waals surface area contributed by atoms with Gasteiger partial charge in [-0.1, -0.05) is 19.9 Å². The van der Waals surface area contributed by atoms with Gasteiger partial charge in [0.25, 0.3) is 5.91 Å². The standard InChI is InChI=1S/C15H22N2O3/c1-10(2)6-7-17-14(18)9-20-15(19)12-5-4-11(3)13(16)8-12/h4-5,8,10H,6-7,9,16H2,1-3H3,(H,17,18). The van der Waals surface area contributed by atoms with Gasteiger partial charge in [-0.2, -0.15) is 0 Å². The first-order valence-corrected chi connectivity index (χ1v) is 6.70. The van der Waals surface area contributed by atoms with Crippen molar-refractivity contribution >= 4 is 17.6 Å². The molecule has 0 spiro atoms. The summed E-state index contributed by atoms with van der Waals surface area (Å²) < 4.78 is 4.94. The van der Waals surface area contributed by atoms with Gasteiger partial charge in [0.2, 0.25) is 0 Å². The summed E-state index contributed by atoms with van der Waals surface area (Å²) in [6.07, 6.45) is 0.897. The van der Waals surface area contributed by atoms with Crippen LogP contribution in [0.1, 0.15) is 36.2 Å². The first-order chi connectivity index (χ1) is 9.40. The molecule has 0 fully saturated rings. The van der Waals surface area contributed by atoms with E-state index in [1.807, 2.05) is 6.92 Å². The van der Waals surface area contributed by atoms with Crippen molar-refractivity contribution in [2.45, 2.75) is 27.2 Å². The molecule has 0 aliphatic carbocycles. The monoisotopic (exact) mass is 278 g/mol. The zero-order valence-corrected chi connectivity index (χ0v) is 12.2. The Morgan fingerprint density at radius 2 is 2.05 bits per heavy atom. The molecule has 3 N–H and O–H groups in total. The average molecular weight is 278 g/mol. The summed E-state index contributed by atoms with van der Waals surface area (Å²) in [4.78, 5) is 23.2. The van der Waals surface area contributed by atoms with E-state index < -0.39 is 5.97 Å². The fourth-order valence-electron chi connectivity index (χ4n) is 1.53. The summed E-state index contributed by atoms with van der Waals surface area (Å²) in [5.41, 5.74) is 7.50. The zero-order chi connectivity index (χ0) is 15.1. The number of rotatable bonds is 6. The predicted molar refractivity (Wildman–Crippen MR) is 78.3 cm³/mol. The van der Waals surface area contributed by atoms with Crippen LogP contribution in [-0.2, 0) is 9.53 Å². The Morgan fingerprint density at radius 3 is 2.65 bits per heavy atom. The SMILES string of the molecule is Cc1ccc(C(=O)OCC(=O)NCCC(C)C)cc1N. The molecule has 1 aromatic carbocycles. The van der Waals surface area contributed by atoms with Crippen molar-refractivity contribution in [1.82, 2.24) is 5.32 Å². The van der Waals surface area contributed by atoms with Crippen LogP contribution in [-0.4, -0.2) is 25.0 Å². The molecule has 0 saturated heterocycles. The molecule has 0 bridgehead atoms. The van der Waals surface area contributed by atoms with E-state index in [1.165, 1.54) is 0 Å². The number of nitrogens with one attached hydrogen (secondary N) is 1. The van der Waals surface area contributed by atoms with Gasteiger partial charge in [-0.3, -0.25) is 4.79 Å². The third-order valence-electron chi connectivity index (χ3n) is 2.89. The number of anilines is 1. The molecule has 0 radical (unpaired) electrons. The van der Waals surface area contributed by atoms with Crippen LogP contribution < -0.4 is 11.1 Å². The van der Waals surface area contributed by atoms with E-state index in [-0.39, 0.29) is 12.5 Å². The van der Waals surface area contributed by atoms with Gasteiger partial charge in [-0.25, -0.2) is 4.79 Å². The largest absolute Gasteiger partial charge is 0.452 e. The van der Waals surface area contributed by atoms with Crippen LogP contribution in [0.3, 0.4) is 0 Å².